The van der Waals surface area contributed by atoms with Crippen LogP contribution >= 0.6 is 0 Å². The van der Waals surface area contributed by atoms with E-state index in [9.17, 15) is 53.7 Å². The number of unbranched alkanes of at least 4 members (excludes halogenated alkanes) is 1. The number of benzene rings is 1. The zero-order valence-corrected chi connectivity index (χ0v) is 35.4. The number of imidazole rings is 1. The molecule has 0 bridgehead atoms. The highest BCUT2D eigenvalue weighted by Crippen LogP contribution is 2.22. The molecule has 1 aromatic heterocycles. The Bertz CT molecular complexity index is 1770. The Hall–Kier alpha value is -5.53. The van der Waals surface area contributed by atoms with Gasteiger partial charge in [-0.2, -0.15) is 0 Å². The number of aliphatic hydroxyl groups is 2. The Labute approximate surface area is 355 Å². The standard InChI is InChI=1S/C42H64N8O11/c1-5-23(2)37(34(55)17-28(39(45)58)15-30-20-46-22-47-30)49-42(61)29(14-26-9-11-31(53)12-10-26)18-33(54)32(19-36(44)57)48-41(60)27(8-6-7-13-43)16-35(56)38(25(4)52)50-40(59)24(3)21-51/h9-12,20,22-25,27-29,32,37-38,51-53H,5-8,13-19,21,43H2,1-4H3,(H2,44,57)(H2,45,58)(H,46,47)(H,48,60)(H,49,61)(H,50,59)/t23-,24-,25+,27+,28+,29+,32-,37-,38-/m0/s1. The quantitative estimate of drug-likeness (QED) is 0.0449. The number of phenolic OH excluding ortho intramolecular Hbond substituents is 1. The van der Waals surface area contributed by atoms with Crippen LogP contribution in [0.5, 0.6) is 5.75 Å². The van der Waals surface area contributed by atoms with Crippen LogP contribution in [0.15, 0.2) is 36.8 Å². The van der Waals surface area contributed by atoms with E-state index in [4.69, 9.17) is 17.2 Å². The number of nitrogens with zero attached hydrogens (tertiary/aromatic N) is 1. The summed E-state index contributed by atoms with van der Waals surface area (Å²) in [5, 5.41) is 37.4. The Balaban J connectivity index is 2.43. The van der Waals surface area contributed by atoms with E-state index in [1.165, 1.54) is 38.5 Å². The number of phenols is 1. The molecule has 0 unspecified atom stereocenters. The van der Waals surface area contributed by atoms with Crippen molar-refractivity contribution in [3.8, 4) is 5.75 Å². The van der Waals surface area contributed by atoms with Crippen LogP contribution in [0.1, 0.15) is 90.3 Å². The number of hydrogen-bond acceptors (Lipinski definition) is 13. The summed E-state index contributed by atoms with van der Waals surface area (Å²) in [7, 11) is 0. The number of nitrogens with one attached hydrogen (secondary N) is 4. The third kappa shape index (κ3) is 17.5. The molecular weight excluding hydrogens is 793 g/mol. The molecule has 338 valence electrons. The van der Waals surface area contributed by atoms with E-state index in [1.807, 2.05) is 6.92 Å². The zero-order valence-electron chi connectivity index (χ0n) is 35.4. The normalized spacial score (nSPS) is 15.7. The fraction of sp³-hybridized carbons (Fsp3) is 0.595. The van der Waals surface area contributed by atoms with Gasteiger partial charge >= 0.3 is 0 Å². The van der Waals surface area contributed by atoms with Crippen molar-refractivity contribution in [3.63, 3.8) is 0 Å². The predicted molar refractivity (Wildman–Crippen MR) is 223 cm³/mol. The van der Waals surface area contributed by atoms with Crippen molar-refractivity contribution in [1.29, 1.82) is 0 Å². The largest absolute Gasteiger partial charge is 0.508 e. The smallest absolute Gasteiger partial charge is 0.225 e. The highest BCUT2D eigenvalue weighted by molar-refractivity contribution is 5.98. The van der Waals surface area contributed by atoms with Gasteiger partial charge in [0.15, 0.2) is 17.3 Å². The second-order valence-electron chi connectivity index (χ2n) is 15.9. The maximum Gasteiger partial charge on any atom is 0.225 e. The van der Waals surface area contributed by atoms with Crippen molar-refractivity contribution >= 4 is 46.9 Å². The van der Waals surface area contributed by atoms with Gasteiger partial charge in [0.1, 0.15) is 11.8 Å². The second-order valence-corrected chi connectivity index (χ2v) is 15.9. The third-order valence-corrected chi connectivity index (χ3v) is 10.7. The number of primary amides is 2. The van der Waals surface area contributed by atoms with Crippen LogP contribution in [0.4, 0.5) is 0 Å². The summed E-state index contributed by atoms with van der Waals surface area (Å²) in [5.41, 5.74) is 18.0. The number of aromatic nitrogens is 2. The number of aliphatic hydroxyl groups excluding tert-OH is 2. The number of carbonyl (C=O) groups is 8. The summed E-state index contributed by atoms with van der Waals surface area (Å²) in [4.78, 5) is 113. The first-order valence-electron chi connectivity index (χ1n) is 20.6. The molecule has 0 spiro atoms. The Kier molecular flexibility index (Phi) is 22.0. The summed E-state index contributed by atoms with van der Waals surface area (Å²) in [6.45, 7) is 6.04. The monoisotopic (exact) mass is 856 g/mol. The fourth-order valence-electron chi connectivity index (χ4n) is 6.73. The van der Waals surface area contributed by atoms with Crippen molar-refractivity contribution in [1.82, 2.24) is 25.9 Å². The lowest BCUT2D eigenvalue weighted by molar-refractivity contribution is -0.137. The number of ketones is 3. The van der Waals surface area contributed by atoms with Gasteiger partial charge in [0.25, 0.3) is 0 Å². The maximum absolute atomic E-state index is 14.2. The zero-order chi connectivity index (χ0) is 45.8. The van der Waals surface area contributed by atoms with E-state index in [2.05, 4.69) is 25.9 Å². The first-order chi connectivity index (χ1) is 28.8. The molecule has 13 N–H and O–H groups in total. The van der Waals surface area contributed by atoms with Gasteiger partial charge < -0.3 is 53.5 Å². The van der Waals surface area contributed by atoms with Gasteiger partial charge in [0, 0.05) is 49.4 Å². The predicted octanol–water partition coefficient (Wildman–Crippen LogP) is -0.374. The van der Waals surface area contributed by atoms with Crippen molar-refractivity contribution in [2.75, 3.05) is 13.2 Å². The number of aromatic hydroxyl groups is 1. The highest BCUT2D eigenvalue weighted by atomic mass is 16.3. The van der Waals surface area contributed by atoms with Crippen molar-refractivity contribution in [2.24, 2.45) is 46.8 Å². The number of rotatable bonds is 30. The molecule has 19 nitrogen and oxygen atoms in total. The van der Waals surface area contributed by atoms with Crippen molar-refractivity contribution < 1.29 is 53.7 Å². The van der Waals surface area contributed by atoms with Gasteiger partial charge in [-0.25, -0.2) is 4.98 Å². The average Bonchev–Trinajstić information content (AvgIpc) is 3.73. The average molecular weight is 857 g/mol. The molecule has 1 aromatic carbocycles. The van der Waals surface area contributed by atoms with Crippen molar-refractivity contribution in [3.05, 3.63) is 48.0 Å². The summed E-state index contributed by atoms with van der Waals surface area (Å²) in [6.07, 6.45) is 1.05. The van der Waals surface area contributed by atoms with Crippen LogP contribution in [0.3, 0.4) is 0 Å². The van der Waals surface area contributed by atoms with Crippen LogP contribution in [-0.2, 0) is 51.2 Å². The van der Waals surface area contributed by atoms with E-state index in [0.29, 0.717) is 30.5 Å². The summed E-state index contributed by atoms with van der Waals surface area (Å²) in [5.74, 6) is -10.3. The molecule has 61 heavy (non-hydrogen) atoms. The van der Waals surface area contributed by atoms with Crippen LogP contribution in [0, 0.1) is 29.6 Å². The Morgan fingerprint density at radius 1 is 0.754 bits per heavy atom. The van der Waals surface area contributed by atoms with E-state index >= 15 is 0 Å². The molecule has 0 fully saturated rings. The van der Waals surface area contributed by atoms with E-state index < -0.39 is 127 Å². The molecule has 9 atom stereocenters. The minimum atomic E-state index is -1.55. The van der Waals surface area contributed by atoms with Gasteiger partial charge in [-0.05, 0) is 56.3 Å². The van der Waals surface area contributed by atoms with E-state index in [1.54, 1.807) is 19.1 Å². The molecule has 2 aromatic rings. The fourth-order valence-corrected chi connectivity index (χ4v) is 6.73. The van der Waals surface area contributed by atoms with Crippen molar-refractivity contribution in [2.45, 2.75) is 116 Å². The molecule has 1 heterocycles. The molecule has 19 heteroatoms. The van der Waals surface area contributed by atoms with Gasteiger partial charge in [-0.3, -0.25) is 38.4 Å². The summed E-state index contributed by atoms with van der Waals surface area (Å²) in [6, 6.07) is 1.82. The number of hydrogen-bond donors (Lipinski definition) is 10. The molecular formula is C42H64N8O11. The van der Waals surface area contributed by atoms with E-state index in [-0.39, 0.29) is 38.0 Å². The minimum Gasteiger partial charge on any atom is -0.508 e. The molecule has 5 amide bonds. The molecule has 0 radical (unpaired) electrons. The number of carbonyl (C=O) groups excluding carboxylic acids is 8. The van der Waals surface area contributed by atoms with Crippen LogP contribution in [0.25, 0.3) is 0 Å². The lowest BCUT2D eigenvalue weighted by atomic mass is 9.86. The van der Waals surface area contributed by atoms with Gasteiger partial charge in [-0.1, -0.05) is 45.7 Å². The molecule has 2 rings (SSSR count). The molecule has 0 aliphatic carbocycles. The van der Waals surface area contributed by atoms with Gasteiger partial charge in [0.2, 0.25) is 29.5 Å². The number of nitrogens with two attached hydrogens (primary N) is 3. The second kappa shape index (κ2) is 25.9. The Morgan fingerprint density at radius 3 is 1.89 bits per heavy atom. The molecule has 0 saturated heterocycles. The minimum absolute atomic E-state index is 0.0482. The highest BCUT2D eigenvalue weighted by Gasteiger charge is 2.36. The Morgan fingerprint density at radius 2 is 1.34 bits per heavy atom. The molecule has 0 aliphatic heterocycles. The van der Waals surface area contributed by atoms with Crippen LogP contribution in [-0.4, -0.2) is 110 Å². The topological polar surface area (TPSA) is 340 Å². The lowest BCUT2D eigenvalue weighted by Crippen LogP contribution is -2.52. The SMILES string of the molecule is CC[C@H](C)[C@H](NC(=O)[C@@H](CC(=O)[C@H](CC(N)=O)NC(=O)[C@H](CCCCN)CC(=O)[C@@H](NC(=O)[C@@H](C)CO)[C@@H](C)O)Cc1ccc(O)cc1)C(=O)C[C@@H](Cc1cnc[nH]1)C(N)=O. The summed E-state index contributed by atoms with van der Waals surface area (Å²) < 4.78 is 0. The van der Waals surface area contributed by atoms with Gasteiger partial charge in [0.05, 0.1) is 49.4 Å². The lowest BCUT2D eigenvalue weighted by Gasteiger charge is -2.28. The number of Topliss-reactive ketones (excluding diaryl/α,β-unsaturated/α-hetero) is 3. The van der Waals surface area contributed by atoms with E-state index in [0.717, 1.165) is 0 Å². The number of H-pyrrole nitrogens is 1. The summed E-state index contributed by atoms with van der Waals surface area (Å²) >= 11 is 0. The molecule has 0 saturated carbocycles. The van der Waals surface area contributed by atoms with Crippen LogP contribution in [0.2, 0.25) is 0 Å². The van der Waals surface area contributed by atoms with Gasteiger partial charge in [-0.15, -0.1) is 0 Å². The first kappa shape index (κ1) is 51.6. The molecule has 0 aliphatic rings. The van der Waals surface area contributed by atoms with Crippen LogP contribution < -0.4 is 33.2 Å². The third-order valence-electron chi connectivity index (χ3n) is 10.7. The first-order valence-corrected chi connectivity index (χ1v) is 20.6. The number of aromatic amines is 1. The number of amides is 5. The maximum atomic E-state index is 14.2.